The lowest BCUT2D eigenvalue weighted by molar-refractivity contribution is -0.757. The Morgan fingerprint density at radius 3 is 2.62 bits per heavy atom. The van der Waals surface area contributed by atoms with Crippen molar-refractivity contribution >= 4 is 5.91 Å². The van der Waals surface area contributed by atoms with Gasteiger partial charge in [-0.2, -0.15) is 0 Å². The van der Waals surface area contributed by atoms with Gasteiger partial charge < -0.3 is 25.3 Å². The summed E-state index contributed by atoms with van der Waals surface area (Å²) in [6, 6.07) is 9.15. The maximum absolute atomic E-state index is 12.1. The molecule has 9 nitrogen and oxygen atoms in total. The number of carbonyl (C=O) groups is 1. The van der Waals surface area contributed by atoms with Gasteiger partial charge in [-0.1, -0.05) is 32.0 Å². The molecule has 0 saturated heterocycles. The molecular formula is C17H27N3O6. The molecule has 1 rings (SSSR count). The molecule has 0 fully saturated rings. The second-order valence-electron chi connectivity index (χ2n) is 6.06. The van der Waals surface area contributed by atoms with Crippen LogP contribution in [0.3, 0.4) is 0 Å². The van der Waals surface area contributed by atoms with E-state index in [2.05, 4.69) is 15.5 Å². The lowest BCUT2D eigenvalue weighted by atomic mass is 10.1. The van der Waals surface area contributed by atoms with Gasteiger partial charge in [0.1, 0.15) is 18.0 Å². The summed E-state index contributed by atoms with van der Waals surface area (Å²) in [6.07, 6.45) is -1.32. The highest BCUT2D eigenvalue weighted by molar-refractivity contribution is 5.76. The Labute approximate surface area is 152 Å². The monoisotopic (exact) mass is 369 g/mol. The molecule has 0 aromatic heterocycles. The van der Waals surface area contributed by atoms with Crippen molar-refractivity contribution in [2.24, 2.45) is 0 Å². The SMILES string of the molecule is CC(C)NCC(O)C(CC(=O)NCCCO[N+](=O)[O-])Oc1ccccc1. The maximum atomic E-state index is 12.1. The van der Waals surface area contributed by atoms with Crippen molar-refractivity contribution in [1.82, 2.24) is 10.6 Å². The number of amides is 1. The van der Waals surface area contributed by atoms with Crippen LogP contribution in [0.4, 0.5) is 0 Å². The van der Waals surface area contributed by atoms with E-state index in [1.54, 1.807) is 24.3 Å². The molecule has 2 unspecified atom stereocenters. The molecule has 0 saturated carbocycles. The molecule has 146 valence electrons. The molecule has 1 amide bonds. The normalized spacial score (nSPS) is 13.1. The molecule has 1 aromatic rings. The van der Waals surface area contributed by atoms with Crippen molar-refractivity contribution in [2.75, 3.05) is 19.7 Å². The van der Waals surface area contributed by atoms with Gasteiger partial charge in [0.25, 0.3) is 5.09 Å². The fourth-order valence-corrected chi connectivity index (χ4v) is 2.11. The first-order chi connectivity index (χ1) is 12.4. The average molecular weight is 369 g/mol. The summed E-state index contributed by atoms with van der Waals surface area (Å²) in [5.74, 6) is 0.254. The summed E-state index contributed by atoms with van der Waals surface area (Å²) in [6.45, 7) is 4.36. The van der Waals surface area contributed by atoms with Crippen LogP contribution in [0.25, 0.3) is 0 Å². The lowest BCUT2D eigenvalue weighted by Gasteiger charge is -2.25. The Morgan fingerprint density at radius 2 is 2.00 bits per heavy atom. The zero-order chi connectivity index (χ0) is 19.4. The molecule has 9 heteroatoms. The van der Waals surface area contributed by atoms with Gasteiger partial charge >= 0.3 is 0 Å². The molecule has 0 aliphatic heterocycles. The summed E-state index contributed by atoms with van der Waals surface area (Å²) < 4.78 is 5.77. The Balaban J connectivity index is 2.51. The first-order valence-corrected chi connectivity index (χ1v) is 8.55. The Kier molecular flexibility index (Phi) is 10.0. The van der Waals surface area contributed by atoms with Crippen LogP contribution in [0.15, 0.2) is 30.3 Å². The Bertz CT molecular complexity index is 541. The Morgan fingerprint density at radius 1 is 1.31 bits per heavy atom. The van der Waals surface area contributed by atoms with Crippen LogP contribution in [0.2, 0.25) is 0 Å². The fourth-order valence-electron chi connectivity index (χ4n) is 2.11. The van der Waals surface area contributed by atoms with Crippen LogP contribution < -0.4 is 15.4 Å². The van der Waals surface area contributed by atoms with Gasteiger partial charge in [-0.3, -0.25) is 4.79 Å². The van der Waals surface area contributed by atoms with E-state index in [-0.39, 0.29) is 31.5 Å². The molecule has 26 heavy (non-hydrogen) atoms. The van der Waals surface area contributed by atoms with E-state index in [9.17, 15) is 20.0 Å². The third-order valence-corrected chi connectivity index (χ3v) is 3.42. The summed E-state index contributed by atoms with van der Waals surface area (Å²) in [4.78, 5) is 26.3. The number of carbonyl (C=O) groups excluding carboxylic acids is 1. The number of aliphatic hydroxyl groups excluding tert-OH is 1. The number of aliphatic hydroxyl groups is 1. The fraction of sp³-hybridized carbons (Fsp3) is 0.588. The number of benzene rings is 1. The number of nitrogens with zero attached hydrogens (tertiary/aromatic N) is 1. The van der Waals surface area contributed by atoms with Crippen molar-refractivity contribution < 1.29 is 24.6 Å². The second-order valence-corrected chi connectivity index (χ2v) is 6.06. The molecule has 0 bridgehead atoms. The van der Waals surface area contributed by atoms with Crippen molar-refractivity contribution in [1.29, 1.82) is 0 Å². The average Bonchev–Trinajstić information content (AvgIpc) is 2.59. The Hall–Kier alpha value is -2.39. The van der Waals surface area contributed by atoms with Gasteiger partial charge in [-0.05, 0) is 18.6 Å². The van der Waals surface area contributed by atoms with Crippen molar-refractivity contribution in [3.05, 3.63) is 40.4 Å². The van der Waals surface area contributed by atoms with Crippen LogP contribution in [-0.4, -0.2) is 54.0 Å². The largest absolute Gasteiger partial charge is 0.487 e. The highest BCUT2D eigenvalue weighted by atomic mass is 16.9. The third-order valence-electron chi connectivity index (χ3n) is 3.42. The van der Waals surface area contributed by atoms with Crippen LogP contribution in [0, 0.1) is 10.1 Å². The van der Waals surface area contributed by atoms with Crippen molar-refractivity contribution in [3.8, 4) is 5.75 Å². The number of rotatable bonds is 13. The zero-order valence-electron chi connectivity index (χ0n) is 15.1. The van der Waals surface area contributed by atoms with Crippen LogP contribution in [0.1, 0.15) is 26.7 Å². The van der Waals surface area contributed by atoms with Gasteiger partial charge in [-0.25, -0.2) is 0 Å². The van der Waals surface area contributed by atoms with Crippen molar-refractivity contribution in [3.63, 3.8) is 0 Å². The molecule has 0 heterocycles. The molecule has 0 radical (unpaired) electrons. The molecule has 0 spiro atoms. The predicted molar refractivity (Wildman–Crippen MR) is 95.2 cm³/mol. The van der Waals surface area contributed by atoms with Gasteiger partial charge in [0.05, 0.1) is 13.0 Å². The molecule has 2 atom stereocenters. The second kappa shape index (κ2) is 12.0. The number of nitrogens with one attached hydrogen (secondary N) is 2. The van der Waals surface area contributed by atoms with Crippen LogP contribution in [-0.2, 0) is 9.63 Å². The molecular weight excluding hydrogens is 342 g/mol. The minimum absolute atomic E-state index is 0.0358. The summed E-state index contributed by atoms with van der Waals surface area (Å²) in [5.41, 5.74) is 0. The molecule has 1 aromatic carbocycles. The van der Waals surface area contributed by atoms with Crippen molar-refractivity contribution in [2.45, 2.75) is 44.9 Å². The number of hydrogen-bond donors (Lipinski definition) is 3. The van der Waals surface area contributed by atoms with Gasteiger partial charge in [-0.15, -0.1) is 10.1 Å². The van der Waals surface area contributed by atoms with E-state index in [0.717, 1.165) is 0 Å². The number of para-hydroxylation sites is 1. The minimum Gasteiger partial charge on any atom is -0.487 e. The van der Waals surface area contributed by atoms with Crippen LogP contribution in [0.5, 0.6) is 5.75 Å². The predicted octanol–water partition coefficient (Wildman–Crippen LogP) is 0.898. The summed E-state index contributed by atoms with van der Waals surface area (Å²) >= 11 is 0. The quantitative estimate of drug-likeness (QED) is 0.268. The van der Waals surface area contributed by atoms with Gasteiger partial charge in [0.15, 0.2) is 0 Å². The van der Waals surface area contributed by atoms with E-state index in [0.29, 0.717) is 18.7 Å². The molecule has 3 N–H and O–H groups in total. The van der Waals surface area contributed by atoms with Crippen LogP contribution >= 0.6 is 0 Å². The third kappa shape index (κ3) is 9.80. The zero-order valence-corrected chi connectivity index (χ0v) is 15.1. The topological polar surface area (TPSA) is 123 Å². The maximum Gasteiger partial charge on any atom is 0.294 e. The highest BCUT2D eigenvalue weighted by Gasteiger charge is 2.24. The van der Waals surface area contributed by atoms with E-state index in [4.69, 9.17) is 4.74 Å². The van der Waals surface area contributed by atoms with Gasteiger partial charge in [0.2, 0.25) is 5.91 Å². The van der Waals surface area contributed by atoms with E-state index in [1.165, 1.54) is 0 Å². The first-order valence-electron chi connectivity index (χ1n) is 8.55. The van der Waals surface area contributed by atoms with E-state index in [1.807, 2.05) is 19.9 Å². The summed E-state index contributed by atoms with van der Waals surface area (Å²) in [5, 5.41) is 25.3. The summed E-state index contributed by atoms with van der Waals surface area (Å²) in [7, 11) is 0. The lowest BCUT2D eigenvalue weighted by Crippen LogP contribution is -2.44. The molecule has 0 aliphatic carbocycles. The van der Waals surface area contributed by atoms with E-state index >= 15 is 0 Å². The highest BCUT2D eigenvalue weighted by Crippen LogP contribution is 2.15. The minimum atomic E-state index is -0.874. The van der Waals surface area contributed by atoms with E-state index < -0.39 is 17.3 Å². The first kappa shape index (κ1) is 21.7. The smallest absolute Gasteiger partial charge is 0.294 e. The number of hydrogen-bond acceptors (Lipinski definition) is 7. The number of ether oxygens (including phenoxy) is 1. The standard InChI is InChI=1S/C17H27N3O6/c1-13(2)19-12-15(21)16(26-14-7-4-3-5-8-14)11-17(22)18-9-6-10-25-20(23)24/h3-5,7-8,13,15-16,19,21H,6,9-12H2,1-2H3,(H,18,22). The molecule has 0 aliphatic rings. The van der Waals surface area contributed by atoms with Gasteiger partial charge in [0, 0.05) is 19.1 Å².